The topological polar surface area (TPSA) is 39.1 Å². The average molecular weight is 270 g/mol. The molecular weight excluding hydrogens is 258 g/mol. The van der Waals surface area contributed by atoms with Crippen LogP contribution in [0.1, 0.15) is 5.56 Å². The molecule has 1 heterocycles. The number of nitriles is 1. The van der Waals surface area contributed by atoms with Gasteiger partial charge < -0.3 is 10.2 Å². The van der Waals surface area contributed by atoms with Crippen molar-refractivity contribution in [2.24, 2.45) is 0 Å². The molecule has 0 aliphatic carbocycles. The number of fused-ring (bicyclic) bond motifs is 1. The number of benzene rings is 2. The van der Waals surface area contributed by atoms with E-state index in [1.165, 1.54) is 0 Å². The van der Waals surface area contributed by atoms with Crippen LogP contribution in [0.5, 0.6) is 0 Å². The standard InChI is InChI=1S/C15H12ClN3/c16-12-3-1-2-4-14(12)19-8-7-18-13-6-5-11(10-17)9-15(13)19/h1-6,9,18H,7-8H2. The third-order valence-electron chi connectivity index (χ3n) is 3.21. The number of rotatable bonds is 1. The molecule has 1 aliphatic rings. The van der Waals surface area contributed by atoms with Gasteiger partial charge in [-0.3, -0.25) is 0 Å². The number of hydrogen-bond acceptors (Lipinski definition) is 3. The fourth-order valence-electron chi connectivity index (χ4n) is 2.32. The minimum Gasteiger partial charge on any atom is -0.382 e. The largest absolute Gasteiger partial charge is 0.382 e. The van der Waals surface area contributed by atoms with Crippen LogP contribution in [0.2, 0.25) is 5.02 Å². The Labute approximate surface area is 117 Å². The number of anilines is 3. The highest BCUT2D eigenvalue weighted by molar-refractivity contribution is 6.33. The first-order valence-corrected chi connectivity index (χ1v) is 6.47. The zero-order chi connectivity index (χ0) is 13.2. The zero-order valence-electron chi connectivity index (χ0n) is 10.2. The summed E-state index contributed by atoms with van der Waals surface area (Å²) in [6.45, 7) is 1.68. The van der Waals surface area contributed by atoms with E-state index in [-0.39, 0.29) is 0 Å². The van der Waals surface area contributed by atoms with Crippen LogP contribution >= 0.6 is 11.6 Å². The van der Waals surface area contributed by atoms with Gasteiger partial charge in [0.15, 0.2) is 0 Å². The van der Waals surface area contributed by atoms with E-state index in [1.807, 2.05) is 42.5 Å². The van der Waals surface area contributed by atoms with Crippen molar-refractivity contribution < 1.29 is 0 Å². The van der Waals surface area contributed by atoms with Gasteiger partial charge in [-0.15, -0.1) is 0 Å². The molecule has 3 nitrogen and oxygen atoms in total. The Hall–Kier alpha value is -2.18. The summed E-state index contributed by atoms with van der Waals surface area (Å²) < 4.78 is 0. The molecule has 4 heteroatoms. The van der Waals surface area contributed by atoms with Crippen LogP contribution in [-0.2, 0) is 0 Å². The second kappa shape index (κ2) is 4.83. The Kier molecular flexibility index (Phi) is 3.02. The highest BCUT2D eigenvalue weighted by atomic mass is 35.5. The van der Waals surface area contributed by atoms with Crippen molar-refractivity contribution in [3.05, 3.63) is 53.1 Å². The fourth-order valence-corrected chi connectivity index (χ4v) is 2.56. The lowest BCUT2D eigenvalue weighted by atomic mass is 10.1. The molecular formula is C15H12ClN3. The predicted molar refractivity (Wildman–Crippen MR) is 78.1 cm³/mol. The quantitative estimate of drug-likeness (QED) is 0.856. The number of hydrogen-bond donors (Lipinski definition) is 1. The van der Waals surface area contributed by atoms with Gasteiger partial charge in [0, 0.05) is 13.1 Å². The molecule has 0 saturated heterocycles. The molecule has 0 amide bonds. The van der Waals surface area contributed by atoms with Crippen molar-refractivity contribution >= 4 is 28.7 Å². The number of halogens is 1. The van der Waals surface area contributed by atoms with E-state index in [1.54, 1.807) is 0 Å². The summed E-state index contributed by atoms with van der Waals surface area (Å²) in [6.07, 6.45) is 0. The van der Waals surface area contributed by atoms with Crippen molar-refractivity contribution in [2.45, 2.75) is 0 Å². The summed E-state index contributed by atoms with van der Waals surface area (Å²) in [6, 6.07) is 15.6. The lowest BCUT2D eigenvalue weighted by molar-refractivity contribution is 0.926. The van der Waals surface area contributed by atoms with E-state index >= 15 is 0 Å². The Morgan fingerprint density at radius 3 is 2.79 bits per heavy atom. The molecule has 0 spiro atoms. The minimum absolute atomic E-state index is 0.652. The normalized spacial score (nSPS) is 13.4. The van der Waals surface area contributed by atoms with Gasteiger partial charge in [-0.1, -0.05) is 23.7 Å². The van der Waals surface area contributed by atoms with Gasteiger partial charge in [-0.05, 0) is 30.3 Å². The van der Waals surface area contributed by atoms with Crippen molar-refractivity contribution in [1.29, 1.82) is 5.26 Å². The molecule has 3 rings (SSSR count). The number of nitrogens with one attached hydrogen (secondary N) is 1. The highest BCUT2D eigenvalue weighted by Crippen LogP contribution is 2.38. The molecule has 2 aromatic carbocycles. The van der Waals surface area contributed by atoms with Gasteiger partial charge in [0.1, 0.15) is 0 Å². The van der Waals surface area contributed by atoms with Crippen LogP contribution in [-0.4, -0.2) is 13.1 Å². The summed E-state index contributed by atoms with van der Waals surface area (Å²) in [4.78, 5) is 2.15. The average Bonchev–Trinajstić information content (AvgIpc) is 2.47. The van der Waals surface area contributed by atoms with E-state index in [9.17, 15) is 0 Å². The summed E-state index contributed by atoms with van der Waals surface area (Å²) in [5.41, 5.74) is 3.66. The summed E-state index contributed by atoms with van der Waals surface area (Å²) >= 11 is 6.27. The molecule has 0 radical (unpaired) electrons. The van der Waals surface area contributed by atoms with E-state index in [0.29, 0.717) is 5.56 Å². The van der Waals surface area contributed by atoms with E-state index in [2.05, 4.69) is 16.3 Å². The number of para-hydroxylation sites is 1. The van der Waals surface area contributed by atoms with Crippen LogP contribution in [0.25, 0.3) is 0 Å². The lowest BCUT2D eigenvalue weighted by Gasteiger charge is -2.32. The molecule has 0 atom stereocenters. The van der Waals surface area contributed by atoms with Crippen molar-refractivity contribution in [3.63, 3.8) is 0 Å². The first-order valence-electron chi connectivity index (χ1n) is 6.09. The molecule has 94 valence electrons. The lowest BCUT2D eigenvalue weighted by Crippen LogP contribution is -2.30. The van der Waals surface area contributed by atoms with Crippen LogP contribution in [0, 0.1) is 11.3 Å². The van der Waals surface area contributed by atoms with Gasteiger partial charge in [-0.2, -0.15) is 5.26 Å². The van der Waals surface area contributed by atoms with E-state index < -0.39 is 0 Å². The molecule has 19 heavy (non-hydrogen) atoms. The second-order valence-electron chi connectivity index (χ2n) is 4.37. The highest BCUT2D eigenvalue weighted by Gasteiger charge is 2.19. The molecule has 2 aromatic rings. The SMILES string of the molecule is N#Cc1ccc2c(c1)N(c1ccccc1Cl)CCN2. The summed E-state index contributed by atoms with van der Waals surface area (Å²) in [7, 11) is 0. The van der Waals surface area contributed by atoms with E-state index in [4.69, 9.17) is 16.9 Å². The van der Waals surface area contributed by atoms with Crippen LogP contribution < -0.4 is 10.2 Å². The molecule has 1 aliphatic heterocycles. The van der Waals surface area contributed by atoms with Gasteiger partial charge >= 0.3 is 0 Å². The maximum atomic E-state index is 9.04. The Morgan fingerprint density at radius 1 is 1.16 bits per heavy atom. The molecule has 0 bridgehead atoms. The van der Waals surface area contributed by atoms with Crippen molar-refractivity contribution in [2.75, 3.05) is 23.3 Å². The van der Waals surface area contributed by atoms with Gasteiger partial charge in [0.25, 0.3) is 0 Å². The monoisotopic (exact) mass is 269 g/mol. The fraction of sp³-hybridized carbons (Fsp3) is 0.133. The molecule has 0 aromatic heterocycles. The van der Waals surface area contributed by atoms with Crippen LogP contribution in [0.4, 0.5) is 17.1 Å². The van der Waals surface area contributed by atoms with Crippen LogP contribution in [0.3, 0.4) is 0 Å². The number of nitrogens with zero attached hydrogens (tertiary/aromatic N) is 2. The van der Waals surface area contributed by atoms with Crippen molar-refractivity contribution in [1.82, 2.24) is 0 Å². The first kappa shape index (κ1) is 11.9. The Morgan fingerprint density at radius 2 is 2.00 bits per heavy atom. The smallest absolute Gasteiger partial charge is 0.0992 e. The third kappa shape index (κ3) is 2.11. The Balaban J connectivity index is 2.12. The molecule has 1 N–H and O–H groups in total. The molecule has 0 saturated carbocycles. The van der Waals surface area contributed by atoms with Gasteiger partial charge in [0.2, 0.25) is 0 Å². The maximum absolute atomic E-state index is 9.04. The van der Waals surface area contributed by atoms with Gasteiger partial charge in [-0.25, -0.2) is 0 Å². The Bertz CT molecular complexity index is 661. The summed E-state index contributed by atoms with van der Waals surface area (Å²) in [5.74, 6) is 0. The molecule has 0 unspecified atom stereocenters. The third-order valence-corrected chi connectivity index (χ3v) is 3.53. The summed E-state index contributed by atoms with van der Waals surface area (Å²) in [5, 5.41) is 13.1. The maximum Gasteiger partial charge on any atom is 0.0992 e. The van der Waals surface area contributed by atoms with Gasteiger partial charge in [0.05, 0.1) is 33.7 Å². The predicted octanol–water partition coefficient (Wildman–Crippen LogP) is 3.78. The van der Waals surface area contributed by atoms with Crippen molar-refractivity contribution in [3.8, 4) is 6.07 Å². The van der Waals surface area contributed by atoms with Crippen LogP contribution in [0.15, 0.2) is 42.5 Å². The zero-order valence-corrected chi connectivity index (χ0v) is 11.0. The van der Waals surface area contributed by atoms with E-state index in [0.717, 1.165) is 35.2 Å². The first-order chi connectivity index (χ1) is 9.29. The minimum atomic E-state index is 0.652. The second-order valence-corrected chi connectivity index (χ2v) is 4.78. The molecule has 0 fully saturated rings.